The zero-order valence-corrected chi connectivity index (χ0v) is 17.1. The van der Waals surface area contributed by atoms with Crippen molar-refractivity contribution >= 4 is 23.0 Å². The topological polar surface area (TPSA) is 84.6 Å². The number of ether oxygens (including phenoxy) is 3. The average molecular weight is 408 g/mol. The number of aromatic nitrogens is 1. The molecule has 0 aliphatic heterocycles. The molecule has 0 unspecified atom stereocenters. The highest BCUT2D eigenvalue weighted by Gasteiger charge is 2.12. The van der Waals surface area contributed by atoms with Crippen LogP contribution in [0.2, 0.25) is 0 Å². The number of phenolic OH excluding ortho intramolecular Hbond substituents is 1. The van der Waals surface area contributed by atoms with Crippen LogP contribution in [0.3, 0.4) is 0 Å². The molecule has 1 aromatic heterocycles. The van der Waals surface area contributed by atoms with Crippen LogP contribution in [-0.2, 0) is 0 Å². The minimum absolute atomic E-state index is 0.0625. The zero-order valence-electron chi connectivity index (χ0n) is 16.3. The van der Waals surface area contributed by atoms with E-state index < -0.39 is 0 Å². The quantitative estimate of drug-likeness (QED) is 0.554. The van der Waals surface area contributed by atoms with Gasteiger partial charge in [-0.2, -0.15) is 5.26 Å². The maximum atomic E-state index is 9.84. The summed E-state index contributed by atoms with van der Waals surface area (Å²) < 4.78 is 16.0. The highest BCUT2D eigenvalue weighted by molar-refractivity contribution is 7.11. The summed E-state index contributed by atoms with van der Waals surface area (Å²) in [5, 5.41) is 22.0. The molecule has 0 bridgehead atoms. The number of thiazole rings is 1. The van der Waals surface area contributed by atoms with Gasteiger partial charge >= 0.3 is 0 Å². The van der Waals surface area contributed by atoms with E-state index >= 15 is 0 Å². The Labute approximate surface area is 173 Å². The summed E-state index contributed by atoms with van der Waals surface area (Å²) in [5.74, 6) is 1.70. The predicted octanol–water partition coefficient (Wildman–Crippen LogP) is 5.00. The van der Waals surface area contributed by atoms with E-state index in [4.69, 9.17) is 14.2 Å². The first-order valence-electron chi connectivity index (χ1n) is 8.85. The first-order valence-corrected chi connectivity index (χ1v) is 9.73. The van der Waals surface area contributed by atoms with Crippen molar-refractivity contribution in [1.82, 2.24) is 4.98 Å². The van der Waals surface area contributed by atoms with E-state index in [1.807, 2.05) is 30.5 Å². The number of aromatic hydroxyl groups is 1. The van der Waals surface area contributed by atoms with Gasteiger partial charge in [0.2, 0.25) is 0 Å². The van der Waals surface area contributed by atoms with Crippen molar-refractivity contribution in [2.45, 2.75) is 6.92 Å². The molecule has 0 radical (unpaired) electrons. The molecule has 0 amide bonds. The molecule has 1 heterocycles. The fourth-order valence-electron chi connectivity index (χ4n) is 2.73. The second-order valence-corrected chi connectivity index (χ2v) is 6.80. The molecule has 0 fully saturated rings. The van der Waals surface area contributed by atoms with Gasteiger partial charge in [0.05, 0.1) is 32.1 Å². The SMILES string of the molecule is CCOc1cc(/C=C(\C#N)c2nc(-c3ccc(OC)c(OC)c3)cs2)ccc1O. The summed E-state index contributed by atoms with van der Waals surface area (Å²) >= 11 is 1.38. The van der Waals surface area contributed by atoms with Gasteiger partial charge in [-0.05, 0) is 48.9 Å². The molecule has 0 aliphatic rings. The summed E-state index contributed by atoms with van der Waals surface area (Å²) in [6.45, 7) is 2.28. The molecule has 0 saturated heterocycles. The lowest BCUT2D eigenvalue weighted by Crippen LogP contribution is -1.92. The molecule has 3 aromatic rings. The van der Waals surface area contributed by atoms with Gasteiger partial charge in [-0.15, -0.1) is 11.3 Å². The van der Waals surface area contributed by atoms with Crippen LogP contribution in [-0.4, -0.2) is 30.9 Å². The fourth-order valence-corrected chi connectivity index (χ4v) is 3.52. The van der Waals surface area contributed by atoms with Crippen LogP contribution in [0.25, 0.3) is 22.9 Å². The molecular formula is C22H20N2O4S. The molecule has 0 spiro atoms. The van der Waals surface area contributed by atoms with E-state index in [1.54, 1.807) is 38.5 Å². The first-order chi connectivity index (χ1) is 14.1. The number of nitrogens with zero attached hydrogens (tertiary/aromatic N) is 2. The van der Waals surface area contributed by atoms with Crippen LogP contribution in [0.5, 0.6) is 23.0 Å². The Bertz CT molecular complexity index is 1080. The van der Waals surface area contributed by atoms with Crippen molar-refractivity contribution in [3.63, 3.8) is 0 Å². The number of rotatable bonds is 7. The van der Waals surface area contributed by atoms with Gasteiger partial charge in [0.15, 0.2) is 23.0 Å². The first kappa shape index (κ1) is 20.2. The average Bonchev–Trinajstić information content (AvgIpc) is 3.23. The van der Waals surface area contributed by atoms with Crippen molar-refractivity contribution < 1.29 is 19.3 Å². The van der Waals surface area contributed by atoms with Crippen LogP contribution in [0.1, 0.15) is 17.5 Å². The van der Waals surface area contributed by atoms with Crippen LogP contribution in [0, 0.1) is 11.3 Å². The minimum atomic E-state index is 0.0625. The lowest BCUT2D eigenvalue weighted by molar-refractivity contribution is 0.318. The summed E-state index contributed by atoms with van der Waals surface area (Å²) in [5.41, 5.74) is 2.78. The lowest BCUT2D eigenvalue weighted by Gasteiger charge is -2.08. The number of hydrogen-bond acceptors (Lipinski definition) is 7. The van der Waals surface area contributed by atoms with E-state index in [2.05, 4.69) is 11.1 Å². The number of benzene rings is 2. The van der Waals surface area contributed by atoms with Gasteiger partial charge in [0.25, 0.3) is 0 Å². The minimum Gasteiger partial charge on any atom is -0.504 e. The van der Waals surface area contributed by atoms with Crippen molar-refractivity contribution in [2.75, 3.05) is 20.8 Å². The van der Waals surface area contributed by atoms with E-state index in [0.29, 0.717) is 34.4 Å². The molecule has 0 saturated carbocycles. The Morgan fingerprint density at radius 1 is 1.14 bits per heavy atom. The molecule has 0 aliphatic carbocycles. The highest BCUT2D eigenvalue weighted by Crippen LogP contribution is 2.34. The zero-order chi connectivity index (χ0) is 20.8. The maximum absolute atomic E-state index is 9.84. The summed E-state index contributed by atoms with van der Waals surface area (Å²) in [6.07, 6.45) is 1.72. The molecule has 3 rings (SSSR count). The van der Waals surface area contributed by atoms with Crippen LogP contribution in [0.4, 0.5) is 0 Å². The van der Waals surface area contributed by atoms with Crippen molar-refractivity contribution in [3.05, 3.63) is 52.3 Å². The normalized spacial score (nSPS) is 11.0. The third-order valence-corrected chi connectivity index (χ3v) is 5.00. The third kappa shape index (κ3) is 4.50. The van der Waals surface area contributed by atoms with E-state index in [1.165, 1.54) is 11.3 Å². The van der Waals surface area contributed by atoms with E-state index in [9.17, 15) is 10.4 Å². The Kier molecular flexibility index (Phi) is 6.37. The van der Waals surface area contributed by atoms with Crippen molar-refractivity contribution in [1.29, 1.82) is 5.26 Å². The monoisotopic (exact) mass is 408 g/mol. The van der Waals surface area contributed by atoms with E-state index in [0.717, 1.165) is 16.8 Å². The molecular weight excluding hydrogens is 388 g/mol. The number of phenols is 1. The second-order valence-electron chi connectivity index (χ2n) is 5.94. The van der Waals surface area contributed by atoms with Gasteiger partial charge in [-0.1, -0.05) is 6.07 Å². The van der Waals surface area contributed by atoms with Gasteiger partial charge in [0.1, 0.15) is 11.1 Å². The second kappa shape index (κ2) is 9.13. The third-order valence-electron chi connectivity index (χ3n) is 4.13. The largest absolute Gasteiger partial charge is 0.504 e. The Morgan fingerprint density at radius 2 is 1.93 bits per heavy atom. The number of methoxy groups -OCH3 is 2. The van der Waals surface area contributed by atoms with Gasteiger partial charge in [-0.3, -0.25) is 0 Å². The van der Waals surface area contributed by atoms with Crippen molar-refractivity contribution in [2.24, 2.45) is 0 Å². The molecule has 0 atom stereocenters. The Morgan fingerprint density at radius 3 is 2.62 bits per heavy atom. The lowest BCUT2D eigenvalue weighted by atomic mass is 10.1. The predicted molar refractivity (Wildman–Crippen MR) is 113 cm³/mol. The number of hydrogen-bond donors (Lipinski definition) is 1. The summed E-state index contributed by atoms with van der Waals surface area (Å²) in [6, 6.07) is 12.7. The highest BCUT2D eigenvalue weighted by atomic mass is 32.1. The smallest absolute Gasteiger partial charge is 0.161 e. The van der Waals surface area contributed by atoms with Crippen molar-refractivity contribution in [3.8, 4) is 40.3 Å². The van der Waals surface area contributed by atoms with Crippen LogP contribution < -0.4 is 14.2 Å². The molecule has 1 N–H and O–H groups in total. The van der Waals surface area contributed by atoms with Gasteiger partial charge in [-0.25, -0.2) is 4.98 Å². The summed E-state index contributed by atoms with van der Waals surface area (Å²) in [4.78, 5) is 4.61. The number of allylic oxidation sites excluding steroid dienone is 1. The Hall–Kier alpha value is -3.50. The number of nitriles is 1. The standard InChI is InChI=1S/C22H20N2O4S/c1-4-28-20-10-14(5-7-18(20)25)9-16(12-23)22-24-17(13-29-22)15-6-8-19(26-2)21(11-15)27-3/h5-11,13,25H,4H2,1-3H3/b16-9+. The van der Waals surface area contributed by atoms with Crippen LogP contribution in [0.15, 0.2) is 41.8 Å². The van der Waals surface area contributed by atoms with Crippen LogP contribution >= 0.6 is 11.3 Å². The fraction of sp³-hybridized carbons (Fsp3) is 0.182. The maximum Gasteiger partial charge on any atom is 0.161 e. The summed E-state index contributed by atoms with van der Waals surface area (Å²) in [7, 11) is 3.17. The molecule has 148 valence electrons. The Balaban J connectivity index is 1.93. The molecule has 6 nitrogen and oxygen atoms in total. The molecule has 2 aromatic carbocycles. The molecule has 29 heavy (non-hydrogen) atoms. The van der Waals surface area contributed by atoms with Gasteiger partial charge < -0.3 is 19.3 Å². The van der Waals surface area contributed by atoms with E-state index in [-0.39, 0.29) is 5.75 Å². The van der Waals surface area contributed by atoms with Gasteiger partial charge in [0, 0.05) is 10.9 Å². The molecule has 7 heteroatoms.